The molecule has 250 valence electrons. The van der Waals surface area contributed by atoms with Gasteiger partial charge in [-0.05, 0) is 80.3 Å². The molecule has 0 bridgehead atoms. The Morgan fingerprint density at radius 1 is 0.935 bits per heavy atom. The number of halogens is 3. The third-order valence-corrected chi connectivity index (χ3v) is 8.87. The van der Waals surface area contributed by atoms with Crippen LogP contribution in [0.5, 0.6) is 5.75 Å². The molecule has 1 heterocycles. The second-order valence-corrected chi connectivity index (χ2v) is 12.2. The Hall–Kier alpha value is -3.79. The van der Waals surface area contributed by atoms with Crippen molar-refractivity contribution in [3.8, 4) is 5.75 Å². The summed E-state index contributed by atoms with van der Waals surface area (Å²) in [5.41, 5.74) is 2.47. The highest BCUT2D eigenvalue weighted by molar-refractivity contribution is 5.73. The molecule has 0 radical (unpaired) electrons. The normalized spacial score (nSPS) is 17.8. The zero-order valence-electron chi connectivity index (χ0n) is 26.3. The Kier molecular flexibility index (Phi) is 13.1. The summed E-state index contributed by atoms with van der Waals surface area (Å²) in [6.07, 6.45) is 7.90. The van der Waals surface area contributed by atoms with E-state index in [1.807, 2.05) is 30.4 Å². The molecule has 0 amide bonds. The van der Waals surface area contributed by atoms with Gasteiger partial charge >= 0.3 is 18.1 Å². The second-order valence-electron chi connectivity index (χ2n) is 12.2. The molecule has 10 heteroatoms. The van der Waals surface area contributed by atoms with Crippen LogP contribution in [0.25, 0.3) is 0 Å². The highest BCUT2D eigenvalue weighted by Gasteiger charge is 2.30. The SMILES string of the molecule is O=C(O)CCCC[C@@H](CCc1ccccc1OCCCN1CCN(c2ccc(C(F)(F)F)cc2)CC1)CC1=CCC(C(=O)O)C=C1. The monoisotopic (exact) mass is 642 g/mol. The van der Waals surface area contributed by atoms with Gasteiger partial charge in [-0.25, -0.2) is 0 Å². The van der Waals surface area contributed by atoms with Crippen LogP contribution in [0.4, 0.5) is 18.9 Å². The molecule has 2 aromatic rings. The Labute approximate surface area is 269 Å². The number of hydrogen-bond donors (Lipinski definition) is 2. The van der Waals surface area contributed by atoms with Crippen LogP contribution in [0, 0.1) is 11.8 Å². The van der Waals surface area contributed by atoms with Crippen molar-refractivity contribution in [3.05, 3.63) is 83.5 Å². The summed E-state index contributed by atoms with van der Waals surface area (Å²) < 4.78 is 44.9. The largest absolute Gasteiger partial charge is 0.493 e. The quantitative estimate of drug-likeness (QED) is 0.173. The highest BCUT2D eigenvalue weighted by atomic mass is 19.4. The maximum Gasteiger partial charge on any atom is 0.416 e. The van der Waals surface area contributed by atoms with E-state index in [0.29, 0.717) is 25.4 Å². The molecule has 1 unspecified atom stereocenters. The van der Waals surface area contributed by atoms with E-state index in [1.54, 1.807) is 18.2 Å². The fourth-order valence-corrected chi connectivity index (χ4v) is 6.16. The van der Waals surface area contributed by atoms with Gasteiger partial charge in [0.05, 0.1) is 18.1 Å². The van der Waals surface area contributed by atoms with Crippen molar-refractivity contribution in [3.63, 3.8) is 0 Å². The van der Waals surface area contributed by atoms with Crippen LogP contribution in [-0.2, 0) is 22.2 Å². The first-order chi connectivity index (χ1) is 22.1. The fraction of sp³-hybridized carbons (Fsp3) is 0.500. The topological polar surface area (TPSA) is 90.3 Å². The number of aliphatic carboxylic acids is 2. The summed E-state index contributed by atoms with van der Waals surface area (Å²) in [4.78, 5) is 26.8. The van der Waals surface area contributed by atoms with Gasteiger partial charge in [-0.1, -0.05) is 54.8 Å². The zero-order chi connectivity index (χ0) is 32.9. The van der Waals surface area contributed by atoms with E-state index in [2.05, 4.69) is 15.9 Å². The number of piperazine rings is 1. The first-order valence-corrected chi connectivity index (χ1v) is 16.3. The minimum absolute atomic E-state index is 0.168. The number of nitrogens with zero attached hydrogens (tertiary/aromatic N) is 2. The molecule has 46 heavy (non-hydrogen) atoms. The zero-order valence-corrected chi connectivity index (χ0v) is 26.3. The minimum Gasteiger partial charge on any atom is -0.493 e. The molecule has 0 saturated carbocycles. The molecule has 0 spiro atoms. The first kappa shape index (κ1) is 35.1. The molecule has 1 saturated heterocycles. The molecule has 1 aliphatic heterocycles. The van der Waals surface area contributed by atoms with Gasteiger partial charge in [-0.15, -0.1) is 0 Å². The van der Waals surface area contributed by atoms with Crippen LogP contribution in [0.15, 0.2) is 72.3 Å². The number of allylic oxidation sites excluding steroid dienone is 3. The number of hydrogen-bond acceptors (Lipinski definition) is 5. The van der Waals surface area contributed by atoms with E-state index in [-0.39, 0.29) is 6.42 Å². The number of carboxylic acids is 2. The Bertz CT molecular complexity index is 1330. The van der Waals surface area contributed by atoms with E-state index in [9.17, 15) is 27.9 Å². The molecule has 2 aromatic carbocycles. The molecule has 1 aliphatic carbocycles. The second kappa shape index (κ2) is 17.2. The van der Waals surface area contributed by atoms with Crippen LogP contribution < -0.4 is 9.64 Å². The fourth-order valence-electron chi connectivity index (χ4n) is 6.16. The molecule has 2 atom stereocenters. The number of anilines is 1. The predicted molar refractivity (Wildman–Crippen MR) is 172 cm³/mol. The summed E-state index contributed by atoms with van der Waals surface area (Å²) in [5.74, 6) is -0.840. The van der Waals surface area contributed by atoms with Crippen molar-refractivity contribution in [1.82, 2.24) is 4.90 Å². The predicted octanol–water partition coefficient (Wildman–Crippen LogP) is 7.47. The van der Waals surface area contributed by atoms with Gasteiger partial charge in [0.25, 0.3) is 0 Å². The van der Waals surface area contributed by atoms with Crippen LogP contribution in [0.1, 0.15) is 62.5 Å². The summed E-state index contributed by atoms with van der Waals surface area (Å²) >= 11 is 0. The minimum atomic E-state index is -4.33. The van der Waals surface area contributed by atoms with E-state index in [4.69, 9.17) is 9.84 Å². The molecule has 1 fully saturated rings. The lowest BCUT2D eigenvalue weighted by atomic mass is 9.85. The van der Waals surface area contributed by atoms with Gasteiger partial charge in [0.2, 0.25) is 0 Å². The van der Waals surface area contributed by atoms with Crippen LogP contribution in [-0.4, -0.2) is 66.4 Å². The van der Waals surface area contributed by atoms with Crippen molar-refractivity contribution < 1.29 is 37.7 Å². The van der Waals surface area contributed by atoms with Crippen LogP contribution in [0.3, 0.4) is 0 Å². The molecule has 7 nitrogen and oxygen atoms in total. The van der Waals surface area contributed by atoms with E-state index in [0.717, 1.165) is 106 Å². The summed E-state index contributed by atoms with van der Waals surface area (Å²) in [7, 11) is 0. The third kappa shape index (κ3) is 11.2. The van der Waals surface area contributed by atoms with E-state index < -0.39 is 29.6 Å². The van der Waals surface area contributed by atoms with Gasteiger partial charge < -0.3 is 19.8 Å². The Morgan fingerprint density at radius 3 is 2.33 bits per heavy atom. The lowest BCUT2D eigenvalue weighted by Crippen LogP contribution is -2.46. The number of carboxylic acid groups (broad SMARTS) is 2. The molecule has 2 aliphatic rings. The van der Waals surface area contributed by atoms with Gasteiger partial charge in [0, 0.05) is 44.8 Å². The van der Waals surface area contributed by atoms with Crippen LogP contribution in [0.2, 0.25) is 0 Å². The smallest absolute Gasteiger partial charge is 0.416 e. The lowest BCUT2D eigenvalue weighted by molar-refractivity contribution is -0.140. The number of ether oxygens (including phenoxy) is 1. The van der Waals surface area contributed by atoms with Gasteiger partial charge in [-0.3, -0.25) is 14.5 Å². The Morgan fingerprint density at radius 2 is 1.67 bits per heavy atom. The van der Waals surface area contributed by atoms with Crippen molar-refractivity contribution >= 4 is 17.6 Å². The standard InChI is InChI=1S/C36H45F3N2O5/c37-36(38,39)31-16-18-32(19-17-31)41-23-21-40(22-24-41)20-5-25-46-33-8-3-2-7-29(33)13-10-27(6-1-4-9-34(42)43)26-28-11-14-30(15-12-28)35(44)45/h2-3,7-8,11-12,14,16-19,27,30H,1,4-6,9-10,13,15,20-26H2,(H,42,43)(H,44,45)/t27-,30?/m0/s1. The summed E-state index contributed by atoms with van der Waals surface area (Å²) in [5, 5.41) is 18.3. The maximum absolute atomic E-state index is 12.9. The number of para-hydroxylation sites is 1. The number of aryl methyl sites for hydroxylation is 1. The van der Waals surface area contributed by atoms with Crippen molar-refractivity contribution in [2.45, 2.75) is 64.0 Å². The number of rotatable bonds is 17. The van der Waals surface area contributed by atoms with Gasteiger partial charge in [-0.2, -0.15) is 13.2 Å². The summed E-state index contributed by atoms with van der Waals surface area (Å²) in [6.45, 7) is 4.67. The van der Waals surface area contributed by atoms with E-state index in [1.165, 1.54) is 0 Å². The number of unbranched alkanes of at least 4 members (excludes halogenated alkanes) is 1. The van der Waals surface area contributed by atoms with Crippen molar-refractivity contribution in [1.29, 1.82) is 0 Å². The Balaban J connectivity index is 1.22. The molecule has 4 rings (SSSR count). The molecular weight excluding hydrogens is 597 g/mol. The average molecular weight is 643 g/mol. The van der Waals surface area contributed by atoms with Crippen LogP contribution >= 0.6 is 0 Å². The molecule has 0 aromatic heterocycles. The average Bonchev–Trinajstić information content (AvgIpc) is 3.04. The van der Waals surface area contributed by atoms with Gasteiger partial charge in [0.1, 0.15) is 5.75 Å². The first-order valence-electron chi connectivity index (χ1n) is 16.3. The van der Waals surface area contributed by atoms with Crippen molar-refractivity contribution in [2.24, 2.45) is 11.8 Å². The lowest BCUT2D eigenvalue weighted by Gasteiger charge is -2.36. The highest BCUT2D eigenvalue weighted by Crippen LogP contribution is 2.31. The third-order valence-electron chi connectivity index (χ3n) is 8.87. The van der Waals surface area contributed by atoms with E-state index >= 15 is 0 Å². The maximum atomic E-state index is 12.9. The van der Waals surface area contributed by atoms with Crippen molar-refractivity contribution in [2.75, 3.05) is 44.2 Å². The number of benzene rings is 2. The van der Waals surface area contributed by atoms with Gasteiger partial charge in [0.15, 0.2) is 0 Å². The number of alkyl halides is 3. The molecule has 2 N–H and O–H groups in total. The number of carbonyl (C=O) groups is 2. The molecular formula is C36H45F3N2O5. The summed E-state index contributed by atoms with van der Waals surface area (Å²) in [6, 6.07) is 13.5.